The molecule has 0 bridgehead atoms. The van der Waals surface area contributed by atoms with Crippen LogP contribution in [0.25, 0.3) is 5.57 Å². The number of anilines is 2. The quantitative estimate of drug-likeness (QED) is 0.542. The summed E-state index contributed by atoms with van der Waals surface area (Å²) in [6.45, 7) is 12.3. The first-order valence-electron chi connectivity index (χ1n) is 9.38. The summed E-state index contributed by atoms with van der Waals surface area (Å²) in [6, 6.07) is 14.6. The predicted octanol–water partition coefficient (Wildman–Crippen LogP) is 5.85. The summed E-state index contributed by atoms with van der Waals surface area (Å²) in [7, 11) is 0. The molecule has 3 heteroatoms. The molecule has 0 amide bonds. The van der Waals surface area contributed by atoms with Gasteiger partial charge in [0.05, 0.1) is 17.4 Å². The molecule has 0 atom stereocenters. The Kier molecular flexibility index (Phi) is 5.17. The predicted molar refractivity (Wildman–Crippen MR) is 114 cm³/mol. The number of hydrazone groups is 1. The third-order valence-electron chi connectivity index (χ3n) is 4.98. The van der Waals surface area contributed by atoms with Crippen LogP contribution in [-0.4, -0.2) is 18.3 Å². The first-order chi connectivity index (χ1) is 12.4. The molecular formula is C23H29N3. The van der Waals surface area contributed by atoms with Gasteiger partial charge in [0.2, 0.25) is 0 Å². The largest absolute Gasteiger partial charge is 0.362 e. The first-order valence-corrected chi connectivity index (χ1v) is 9.38. The third kappa shape index (κ3) is 3.67. The highest BCUT2D eigenvalue weighted by Crippen LogP contribution is 2.40. The van der Waals surface area contributed by atoms with Gasteiger partial charge < -0.3 is 4.90 Å². The van der Waals surface area contributed by atoms with Crippen molar-refractivity contribution in [2.45, 2.75) is 46.6 Å². The van der Waals surface area contributed by atoms with Crippen molar-refractivity contribution in [2.24, 2.45) is 5.10 Å². The van der Waals surface area contributed by atoms with E-state index in [0.29, 0.717) is 0 Å². The zero-order valence-electron chi connectivity index (χ0n) is 16.5. The fourth-order valence-electron chi connectivity index (χ4n) is 3.70. The number of aryl methyl sites for hydroxylation is 1. The molecule has 0 saturated carbocycles. The van der Waals surface area contributed by atoms with Crippen LogP contribution < -0.4 is 10.3 Å². The molecule has 1 heterocycles. The zero-order chi connectivity index (χ0) is 18.7. The molecule has 0 fully saturated rings. The van der Waals surface area contributed by atoms with E-state index in [2.05, 4.69) is 68.3 Å². The van der Waals surface area contributed by atoms with Crippen molar-refractivity contribution < 1.29 is 0 Å². The highest BCUT2D eigenvalue weighted by Gasteiger charge is 2.30. The lowest BCUT2D eigenvalue weighted by Crippen LogP contribution is -2.45. The number of hydrogen-bond donors (Lipinski definition) is 1. The molecule has 2 aromatic rings. The van der Waals surface area contributed by atoms with Gasteiger partial charge in [0.1, 0.15) is 0 Å². The number of rotatable bonds is 5. The van der Waals surface area contributed by atoms with E-state index >= 15 is 0 Å². The van der Waals surface area contributed by atoms with E-state index < -0.39 is 0 Å². The molecule has 2 aromatic carbocycles. The Morgan fingerprint density at radius 1 is 1.12 bits per heavy atom. The van der Waals surface area contributed by atoms with E-state index in [0.717, 1.165) is 24.2 Å². The highest BCUT2D eigenvalue weighted by molar-refractivity contribution is 5.89. The molecule has 0 saturated heterocycles. The number of para-hydroxylation sites is 1. The van der Waals surface area contributed by atoms with Crippen LogP contribution in [0, 0.1) is 6.92 Å². The summed E-state index contributed by atoms with van der Waals surface area (Å²) in [4.78, 5) is 2.52. The summed E-state index contributed by atoms with van der Waals surface area (Å²) in [5.74, 6) is 0. The Morgan fingerprint density at radius 2 is 1.85 bits per heavy atom. The SMILES string of the molecule is CCCN1c2cc(C)c(/C=N\Nc3ccccc3)cc2C(C)=CC1(C)C. The van der Waals surface area contributed by atoms with Gasteiger partial charge in [0.25, 0.3) is 0 Å². The van der Waals surface area contributed by atoms with Gasteiger partial charge in [0.15, 0.2) is 0 Å². The van der Waals surface area contributed by atoms with Gasteiger partial charge >= 0.3 is 0 Å². The second kappa shape index (κ2) is 7.36. The van der Waals surface area contributed by atoms with E-state index in [9.17, 15) is 0 Å². The summed E-state index contributed by atoms with van der Waals surface area (Å²) in [5.41, 5.74) is 10.5. The molecule has 1 aliphatic rings. The van der Waals surface area contributed by atoms with Crippen LogP contribution in [0.2, 0.25) is 0 Å². The van der Waals surface area contributed by atoms with Gasteiger partial charge in [-0.05, 0) is 75.1 Å². The van der Waals surface area contributed by atoms with Crippen LogP contribution in [0.3, 0.4) is 0 Å². The van der Waals surface area contributed by atoms with Gasteiger partial charge in [-0.2, -0.15) is 5.10 Å². The van der Waals surface area contributed by atoms with Crippen LogP contribution in [0.5, 0.6) is 0 Å². The second-order valence-corrected chi connectivity index (χ2v) is 7.59. The lowest BCUT2D eigenvalue weighted by Gasteiger charge is -2.43. The van der Waals surface area contributed by atoms with E-state index in [-0.39, 0.29) is 5.54 Å². The average Bonchev–Trinajstić information content (AvgIpc) is 2.60. The van der Waals surface area contributed by atoms with Crippen molar-refractivity contribution in [1.82, 2.24) is 0 Å². The number of nitrogens with zero attached hydrogens (tertiary/aromatic N) is 2. The molecule has 3 rings (SSSR count). The zero-order valence-corrected chi connectivity index (χ0v) is 16.5. The smallest absolute Gasteiger partial charge is 0.0561 e. The lowest BCUT2D eigenvalue weighted by atomic mass is 9.87. The van der Waals surface area contributed by atoms with E-state index in [1.54, 1.807) is 0 Å². The van der Waals surface area contributed by atoms with Crippen molar-refractivity contribution in [3.05, 3.63) is 65.2 Å². The molecule has 0 aliphatic carbocycles. The third-order valence-corrected chi connectivity index (χ3v) is 4.98. The molecular weight excluding hydrogens is 318 g/mol. The summed E-state index contributed by atoms with van der Waals surface area (Å²) in [6.07, 6.45) is 5.43. The van der Waals surface area contributed by atoms with Crippen molar-refractivity contribution in [3.63, 3.8) is 0 Å². The molecule has 136 valence electrons. The van der Waals surface area contributed by atoms with Gasteiger partial charge in [-0.3, -0.25) is 5.43 Å². The van der Waals surface area contributed by atoms with Crippen molar-refractivity contribution in [1.29, 1.82) is 0 Å². The molecule has 1 aliphatic heterocycles. The molecule has 3 nitrogen and oxygen atoms in total. The number of fused-ring (bicyclic) bond motifs is 1. The maximum Gasteiger partial charge on any atom is 0.0561 e. The van der Waals surface area contributed by atoms with Crippen molar-refractivity contribution in [3.8, 4) is 0 Å². The fraction of sp³-hybridized carbons (Fsp3) is 0.348. The minimum atomic E-state index is 0.0456. The number of benzene rings is 2. The Bertz CT molecular complexity index is 832. The molecule has 26 heavy (non-hydrogen) atoms. The first kappa shape index (κ1) is 18.2. The monoisotopic (exact) mass is 347 g/mol. The summed E-state index contributed by atoms with van der Waals surface area (Å²) >= 11 is 0. The fourth-order valence-corrected chi connectivity index (χ4v) is 3.70. The summed E-state index contributed by atoms with van der Waals surface area (Å²) in [5, 5.41) is 4.42. The molecule has 0 unspecified atom stereocenters. The lowest BCUT2D eigenvalue weighted by molar-refractivity contribution is 0.550. The van der Waals surface area contributed by atoms with Crippen LogP contribution in [0.15, 0.2) is 53.6 Å². The van der Waals surface area contributed by atoms with E-state index in [4.69, 9.17) is 0 Å². The molecule has 0 aromatic heterocycles. The number of allylic oxidation sites excluding steroid dienone is 1. The van der Waals surface area contributed by atoms with Crippen LogP contribution in [0.4, 0.5) is 11.4 Å². The van der Waals surface area contributed by atoms with Crippen LogP contribution in [-0.2, 0) is 0 Å². The average molecular weight is 348 g/mol. The standard InChI is InChI=1S/C23H29N3/c1-6-12-26-22-13-17(2)19(14-21(22)18(3)15-23(26,4)5)16-24-25-20-10-8-7-9-11-20/h7-11,13-16,25H,6,12H2,1-5H3/b24-16-. The van der Waals surface area contributed by atoms with Crippen LogP contribution >= 0.6 is 0 Å². The van der Waals surface area contributed by atoms with Crippen molar-refractivity contribution >= 4 is 23.2 Å². The maximum absolute atomic E-state index is 4.42. The minimum absolute atomic E-state index is 0.0456. The Morgan fingerprint density at radius 3 is 2.54 bits per heavy atom. The maximum atomic E-state index is 4.42. The number of hydrogen-bond acceptors (Lipinski definition) is 3. The van der Waals surface area contributed by atoms with E-state index in [1.165, 1.54) is 22.4 Å². The Labute approximate surface area is 157 Å². The number of nitrogens with one attached hydrogen (secondary N) is 1. The summed E-state index contributed by atoms with van der Waals surface area (Å²) < 4.78 is 0. The Balaban J connectivity index is 1.93. The topological polar surface area (TPSA) is 27.6 Å². The highest BCUT2D eigenvalue weighted by atomic mass is 15.3. The van der Waals surface area contributed by atoms with E-state index in [1.807, 2.05) is 36.5 Å². The van der Waals surface area contributed by atoms with Crippen LogP contribution in [0.1, 0.15) is 50.8 Å². The molecule has 0 radical (unpaired) electrons. The minimum Gasteiger partial charge on any atom is -0.362 e. The normalized spacial score (nSPS) is 15.7. The van der Waals surface area contributed by atoms with Gasteiger partial charge in [-0.1, -0.05) is 31.2 Å². The van der Waals surface area contributed by atoms with Gasteiger partial charge in [0, 0.05) is 17.8 Å². The molecule has 0 spiro atoms. The van der Waals surface area contributed by atoms with Gasteiger partial charge in [-0.15, -0.1) is 0 Å². The second-order valence-electron chi connectivity index (χ2n) is 7.59. The molecule has 1 N–H and O–H groups in total. The van der Waals surface area contributed by atoms with Crippen molar-refractivity contribution in [2.75, 3.05) is 16.9 Å². The Hall–Kier alpha value is -2.55. The van der Waals surface area contributed by atoms with Gasteiger partial charge in [-0.25, -0.2) is 0 Å².